The van der Waals surface area contributed by atoms with Crippen LogP contribution in [0.1, 0.15) is 0 Å². The van der Waals surface area contributed by atoms with Crippen molar-refractivity contribution in [2.45, 2.75) is 0 Å². The lowest BCUT2D eigenvalue weighted by molar-refractivity contribution is 1.12. The second-order valence-electron chi connectivity index (χ2n) is 0.551. The molecule has 0 aliphatic carbocycles. The van der Waals surface area contributed by atoms with Crippen LogP contribution in [0, 0.1) is 0 Å². The molecule has 28 valence electrons. The molecule has 0 aromatic heterocycles. The predicted octanol–water partition coefficient (Wildman–Crippen LogP) is 0.318. The van der Waals surface area contributed by atoms with E-state index in [1.165, 1.54) is 0 Å². The first-order valence-corrected chi connectivity index (χ1v) is 1.69. The van der Waals surface area contributed by atoms with Gasteiger partial charge in [-0.25, -0.2) is 0 Å². The van der Waals surface area contributed by atoms with E-state index in [9.17, 15) is 0 Å². The molecule has 0 aromatic carbocycles. The van der Waals surface area contributed by atoms with E-state index in [2.05, 4.69) is 22.6 Å². The van der Waals surface area contributed by atoms with Crippen molar-refractivity contribution in [2.75, 3.05) is 7.05 Å². The molecule has 5 heavy (non-hydrogen) atoms. The molecular weight excluding hydrogens is 82.1 g/mol. The Hall–Kier alpha value is -0.330. The maximum Gasteiger partial charge on any atom is 0.0512 e. The van der Waals surface area contributed by atoms with Gasteiger partial charge < -0.3 is 5.32 Å². The molecule has 0 atom stereocenters. The number of hydrogen-bond acceptors (Lipinski definition) is 2. The van der Waals surface area contributed by atoms with E-state index in [0.29, 0.717) is 0 Å². The first-order chi connectivity index (χ1) is 2.41. The van der Waals surface area contributed by atoms with Crippen LogP contribution in [0.15, 0.2) is 6.20 Å². The molecule has 2 heteroatoms. The van der Waals surface area contributed by atoms with Crippen molar-refractivity contribution in [3.8, 4) is 0 Å². The van der Waals surface area contributed by atoms with Gasteiger partial charge in [-0.15, -0.1) is 0 Å². The van der Waals surface area contributed by atoms with Crippen molar-refractivity contribution >= 4 is 17.2 Å². The van der Waals surface area contributed by atoms with Gasteiger partial charge in [-0.1, -0.05) is 0 Å². The molecule has 0 saturated carbocycles. The Morgan fingerprint density at radius 2 is 2.60 bits per heavy atom. The number of rotatable bonds is 1. The van der Waals surface area contributed by atoms with Crippen LogP contribution in [0.25, 0.3) is 0 Å². The summed E-state index contributed by atoms with van der Waals surface area (Å²) < 4.78 is 0. The van der Waals surface area contributed by atoms with Crippen LogP contribution in [0.5, 0.6) is 0 Å². The van der Waals surface area contributed by atoms with Gasteiger partial charge in [-0.05, 0) is 17.2 Å². The third-order valence-corrected chi connectivity index (χ3v) is 0.321. The van der Waals surface area contributed by atoms with Gasteiger partial charge in [-0.2, -0.15) is 0 Å². The van der Waals surface area contributed by atoms with Crippen molar-refractivity contribution in [3.05, 3.63) is 6.20 Å². The van der Waals surface area contributed by atoms with E-state index in [1.807, 2.05) is 0 Å². The largest absolute Gasteiger partial charge is 0.387 e. The maximum atomic E-state index is 4.28. The van der Waals surface area contributed by atoms with E-state index in [-0.39, 0.29) is 0 Å². The normalized spacial score (nSPS) is 5.00. The van der Waals surface area contributed by atoms with Crippen molar-refractivity contribution < 1.29 is 0 Å². The molecular formula is C3H5NS. The number of thiocarbonyl (C=S) groups is 1. The fourth-order valence-corrected chi connectivity index (χ4v) is 0.177. The van der Waals surface area contributed by atoms with Crippen LogP contribution < -0.4 is 5.32 Å². The molecule has 0 aliphatic rings. The lowest BCUT2D eigenvalue weighted by Gasteiger charge is -1.70. The molecule has 0 unspecified atom stereocenters. The molecule has 1 nitrogen and oxygen atoms in total. The van der Waals surface area contributed by atoms with E-state index in [4.69, 9.17) is 0 Å². The van der Waals surface area contributed by atoms with Crippen LogP contribution >= 0.6 is 12.2 Å². The first kappa shape index (κ1) is 4.67. The average molecular weight is 87.1 g/mol. The van der Waals surface area contributed by atoms with Gasteiger partial charge in [0.15, 0.2) is 0 Å². The summed E-state index contributed by atoms with van der Waals surface area (Å²) in [5.41, 5.74) is 0. The molecule has 0 aliphatic heterocycles. The fraction of sp³-hybridized carbons (Fsp3) is 0.333. The van der Waals surface area contributed by atoms with Crippen molar-refractivity contribution in [1.29, 1.82) is 0 Å². The highest BCUT2D eigenvalue weighted by Crippen LogP contribution is 1.37. The Morgan fingerprint density at radius 3 is 2.60 bits per heavy atom. The van der Waals surface area contributed by atoms with Crippen LogP contribution in [0.2, 0.25) is 0 Å². The van der Waals surface area contributed by atoms with E-state index in [1.54, 1.807) is 13.2 Å². The maximum absolute atomic E-state index is 4.28. The highest BCUT2D eigenvalue weighted by atomic mass is 32.1. The Labute approximate surface area is 36.7 Å². The van der Waals surface area contributed by atoms with Gasteiger partial charge in [0, 0.05) is 7.05 Å². The van der Waals surface area contributed by atoms with Crippen molar-refractivity contribution in [1.82, 2.24) is 5.32 Å². The molecule has 0 radical (unpaired) electrons. The molecule has 0 saturated heterocycles. The summed E-state index contributed by atoms with van der Waals surface area (Å²) in [7, 11) is 1.78. The average Bonchev–Trinajstić information content (AvgIpc) is 1.41. The highest BCUT2D eigenvalue weighted by Gasteiger charge is 1.42. The summed E-state index contributed by atoms with van der Waals surface area (Å²) in [5, 5.41) is 5.04. The van der Waals surface area contributed by atoms with Crippen LogP contribution in [-0.4, -0.2) is 12.1 Å². The molecule has 0 rings (SSSR count). The quantitative estimate of drug-likeness (QED) is 0.462. The van der Waals surface area contributed by atoms with E-state index < -0.39 is 0 Å². The molecule has 0 amide bonds. The zero-order chi connectivity index (χ0) is 4.12. The Bertz CT molecular complexity index is 53.9. The lowest BCUT2D eigenvalue weighted by atomic mass is 11.0. The molecule has 1 N–H and O–H groups in total. The minimum absolute atomic E-state index is 1.56. The van der Waals surface area contributed by atoms with Crippen LogP contribution in [0.4, 0.5) is 0 Å². The Kier molecular flexibility index (Phi) is 3.43. The van der Waals surface area contributed by atoms with Crippen molar-refractivity contribution in [2.24, 2.45) is 0 Å². The summed E-state index contributed by atoms with van der Waals surface area (Å²) in [6.07, 6.45) is 1.56. The molecule has 0 heterocycles. The smallest absolute Gasteiger partial charge is 0.0512 e. The van der Waals surface area contributed by atoms with Gasteiger partial charge in [0.1, 0.15) is 0 Å². The zero-order valence-corrected chi connectivity index (χ0v) is 3.80. The number of hydrogen-bond donors (Lipinski definition) is 1. The Balaban J connectivity index is 2.93. The summed E-state index contributed by atoms with van der Waals surface area (Å²) in [5.74, 6) is 0. The van der Waals surface area contributed by atoms with Crippen LogP contribution in [0.3, 0.4) is 0 Å². The fourth-order valence-electron chi connectivity index (χ4n) is 0.0589. The third-order valence-electron chi connectivity index (χ3n) is 0.203. The molecule has 0 spiro atoms. The molecule has 0 bridgehead atoms. The minimum atomic E-state index is 1.56. The van der Waals surface area contributed by atoms with Crippen molar-refractivity contribution in [3.63, 3.8) is 0 Å². The van der Waals surface area contributed by atoms with Gasteiger partial charge >= 0.3 is 0 Å². The third kappa shape index (κ3) is 3.67. The van der Waals surface area contributed by atoms with Crippen LogP contribution in [-0.2, 0) is 0 Å². The van der Waals surface area contributed by atoms with Gasteiger partial charge in [0.25, 0.3) is 0 Å². The van der Waals surface area contributed by atoms with E-state index >= 15 is 0 Å². The minimum Gasteiger partial charge on any atom is -0.387 e. The topological polar surface area (TPSA) is 12.0 Å². The monoisotopic (exact) mass is 87.0 g/mol. The SMILES string of the molecule is CNC=C=S. The first-order valence-electron chi connectivity index (χ1n) is 1.28. The standard InChI is InChI=1S/C3H5NS/c1-4-2-3-5/h2,4H,1H3. The van der Waals surface area contributed by atoms with Gasteiger partial charge in [0.05, 0.1) is 6.20 Å². The molecule has 0 fully saturated rings. The molecule has 0 aromatic rings. The van der Waals surface area contributed by atoms with Gasteiger partial charge in [0.2, 0.25) is 0 Å². The summed E-state index contributed by atoms with van der Waals surface area (Å²) in [6, 6.07) is 0. The summed E-state index contributed by atoms with van der Waals surface area (Å²) in [6.45, 7) is 0. The second kappa shape index (κ2) is 3.67. The number of nitrogens with one attached hydrogen (secondary N) is 1. The highest BCUT2D eigenvalue weighted by molar-refractivity contribution is 7.78. The summed E-state index contributed by atoms with van der Waals surface area (Å²) in [4.78, 5) is 0. The van der Waals surface area contributed by atoms with Gasteiger partial charge in [-0.3, -0.25) is 0 Å². The second-order valence-corrected chi connectivity index (χ2v) is 0.787. The zero-order valence-electron chi connectivity index (χ0n) is 2.99. The Morgan fingerprint density at radius 1 is 2.00 bits per heavy atom. The lowest BCUT2D eigenvalue weighted by Crippen LogP contribution is -1.89. The predicted molar refractivity (Wildman–Crippen MR) is 26.2 cm³/mol. The van der Waals surface area contributed by atoms with E-state index in [0.717, 1.165) is 0 Å². The summed E-state index contributed by atoms with van der Waals surface area (Å²) >= 11 is 4.28.